The number of azide groups is 1. The second-order valence-corrected chi connectivity index (χ2v) is 33.6. The zero-order chi connectivity index (χ0) is 50.1. The van der Waals surface area contributed by atoms with Gasteiger partial charge >= 0.3 is 372 Å². The van der Waals surface area contributed by atoms with Crippen molar-refractivity contribution in [1.29, 1.82) is 0 Å². The van der Waals surface area contributed by atoms with E-state index in [0.29, 0.717) is 61.5 Å². The average molecular weight is 1040 g/mol. The SMILES string of the molecule is COCOc1cc(OCCCCN=[N+]=[N-])cc(C(CC[C@@H]2OC(C)(C)O[C@@H]2C(/C=C\[C@@H](C)[C@H](C)O[Si](C)(C)C(C)(C)C)OC(=O)c2ccccc2)[Se]c2ccccc2)c1C(=O)OCC[Si](C)(C)C. The Morgan fingerprint density at radius 3 is 2.22 bits per heavy atom. The van der Waals surface area contributed by atoms with Crippen LogP contribution >= 0.6 is 0 Å². The summed E-state index contributed by atoms with van der Waals surface area (Å²) in [7, 11) is -2.08. The van der Waals surface area contributed by atoms with E-state index >= 15 is 0 Å². The third-order valence-corrected chi connectivity index (χ3v) is 21.3. The molecule has 0 radical (unpaired) electrons. The van der Waals surface area contributed by atoms with Crippen molar-refractivity contribution < 1.29 is 47.2 Å². The number of nitrogens with zero attached hydrogens (tertiary/aromatic N) is 3. The number of unbranched alkanes of at least 4 members (excludes halogenated alkanes) is 1. The van der Waals surface area contributed by atoms with Crippen LogP contribution in [0.3, 0.4) is 0 Å². The third kappa shape index (κ3) is 18.1. The number of methoxy groups -OCH3 is 1. The maximum atomic E-state index is 14.5. The Bertz CT molecular complexity index is 2120. The van der Waals surface area contributed by atoms with Gasteiger partial charge in [-0.3, -0.25) is 0 Å². The molecule has 0 bridgehead atoms. The third-order valence-electron chi connectivity index (χ3n) is 12.2. The molecule has 1 aliphatic rings. The van der Waals surface area contributed by atoms with Gasteiger partial charge in [0.25, 0.3) is 0 Å². The summed E-state index contributed by atoms with van der Waals surface area (Å²) in [4.78, 5) is 31.0. The first-order valence-electron chi connectivity index (χ1n) is 23.8. The number of ether oxygens (including phenoxy) is 7. The van der Waals surface area contributed by atoms with Crippen LogP contribution in [0, 0.1) is 5.92 Å². The molecule has 374 valence electrons. The molecule has 0 amide bonds. The van der Waals surface area contributed by atoms with E-state index in [1.807, 2.05) is 62.4 Å². The molecule has 3 aromatic carbocycles. The molecule has 0 N–H and O–H groups in total. The summed E-state index contributed by atoms with van der Waals surface area (Å²) in [5, 5.41) is 3.70. The van der Waals surface area contributed by atoms with Crippen molar-refractivity contribution in [2.24, 2.45) is 11.0 Å². The molecule has 0 saturated carbocycles. The first-order chi connectivity index (χ1) is 32.0. The van der Waals surface area contributed by atoms with Crippen molar-refractivity contribution in [1.82, 2.24) is 0 Å². The standard InChI is InChI=1S/C52H77N3O10SeSi2/c1-37(38(2)65-68(12,13)51(3,4)5)26-27-43(62-49(56)39-22-16-14-17-23-39)48-44(63-52(6,7)64-48)28-29-46(66-41-24-18-15-19-25-41)42-34-40(59-31-21-20-30-54-55-53)35-45(61-36-58-8)47(42)50(57)60-32-33-67(9,10)11/h14-19,22-27,34-35,37-38,43-44,46,48H,20-21,28-33,36H2,1-13H3/b27-26-/t37-,38+,43?,44+,46?,48-/m1/s1. The minimum absolute atomic E-state index is 0.00669. The van der Waals surface area contributed by atoms with E-state index < -0.39 is 52.4 Å². The summed E-state index contributed by atoms with van der Waals surface area (Å²) >= 11 is -0.222. The first-order valence-corrected chi connectivity index (χ1v) is 32.3. The van der Waals surface area contributed by atoms with E-state index in [0.717, 1.165) is 16.1 Å². The fourth-order valence-electron chi connectivity index (χ4n) is 7.24. The number of hydrogen-bond acceptors (Lipinski definition) is 11. The molecule has 2 unspecified atom stereocenters. The van der Waals surface area contributed by atoms with E-state index in [9.17, 15) is 9.59 Å². The van der Waals surface area contributed by atoms with Gasteiger partial charge in [0.1, 0.15) is 0 Å². The summed E-state index contributed by atoms with van der Waals surface area (Å²) < 4.78 is 51.7. The van der Waals surface area contributed by atoms with Gasteiger partial charge in [0, 0.05) is 0 Å². The van der Waals surface area contributed by atoms with Gasteiger partial charge in [-0.05, 0) is 18.1 Å². The minimum atomic E-state index is -2.07. The molecule has 0 aromatic heterocycles. The van der Waals surface area contributed by atoms with Crippen LogP contribution in [0.5, 0.6) is 11.5 Å². The number of carbonyl (C=O) groups excluding carboxylic acids is 2. The predicted molar refractivity (Wildman–Crippen MR) is 275 cm³/mol. The molecule has 3 aromatic rings. The van der Waals surface area contributed by atoms with Gasteiger partial charge in [0.05, 0.1) is 0 Å². The maximum absolute atomic E-state index is 14.5. The van der Waals surface area contributed by atoms with Crippen molar-refractivity contribution in [2.45, 2.75) is 153 Å². The van der Waals surface area contributed by atoms with E-state index in [1.165, 1.54) is 7.11 Å². The Balaban J connectivity index is 1.79. The number of benzene rings is 3. The normalized spacial score (nSPS) is 18.0. The molecule has 4 rings (SSSR count). The van der Waals surface area contributed by atoms with E-state index in [2.05, 4.69) is 95.6 Å². The zero-order valence-electron chi connectivity index (χ0n) is 42.7. The van der Waals surface area contributed by atoms with Crippen LogP contribution in [-0.4, -0.2) is 107 Å². The second kappa shape index (κ2) is 26.3. The number of carbonyl (C=O) groups is 2. The molecule has 1 aliphatic heterocycles. The summed E-state index contributed by atoms with van der Waals surface area (Å²) in [5.41, 5.74) is 10.2. The number of hydrogen-bond donors (Lipinski definition) is 0. The van der Waals surface area contributed by atoms with Crippen molar-refractivity contribution in [2.75, 3.05) is 33.7 Å². The molecule has 16 heteroatoms. The van der Waals surface area contributed by atoms with Gasteiger partial charge in [0.15, 0.2) is 0 Å². The quantitative estimate of drug-likeness (QED) is 0.0105. The van der Waals surface area contributed by atoms with E-state index in [-0.39, 0.29) is 50.2 Å². The van der Waals surface area contributed by atoms with Crippen molar-refractivity contribution in [3.63, 3.8) is 0 Å². The summed E-state index contributed by atoms with van der Waals surface area (Å²) in [6.07, 6.45) is 4.28. The monoisotopic (exact) mass is 1040 g/mol. The van der Waals surface area contributed by atoms with Crippen LogP contribution in [0.2, 0.25) is 43.8 Å². The predicted octanol–water partition coefficient (Wildman–Crippen LogP) is 11.8. The molecule has 13 nitrogen and oxygen atoms in total. The van der Waals surface area contributed by atoms with Crippen molar-refractivity contribution in [3.8, 4) is 11.5 Å². The van der Waals surface area contributed by atoms with Crippen molar-refractivity contribution >= 4 is 47.7 Å². The van der Waals surface area contributed by atoms with Gasteiger partial charge < -0.3 is 5.53 Å². The van der Waals surface area contributed by atoms with Gasteiger partial charge in [-0.2, -0.15) is 0 Å². The van der Waals surface area contributed by atoms with E-state index in [1.54, 1.807) is 18.2 Å². The molecule has 1 fully saturated rings. The molecular weight excluding hydrogens is 962 g/mol. The van der Waals surface area contributed by atoms with Crippen LogP contribution in [0.15, 0.2) is 90.1 Å². The topological polar surface area (TPSA) is 157 Å². The molecule has 1 saturated heterocycles. The molecule has 68 heavy (non-hydrogen) atoms. The molecule has 0 aliphatic carbocycles. The molecule has 0 spiro atoms. The Morgan fingerprint density at radius 2 is 1.59 bits per heavy atom. The van der Waals surface area contributed by atoms with Crippen LogP contribution in [0.25, 0.3) is 10.4 Å². The van der Waals surface area contributed by atoms with Crippen LogP contribution in [0.4, 0.5) is 0 Å². The van der Waals surface area contributed by atoms with Gasteiger partial charge in [-0.1, -0.05) is 20.8 Å². The summed E-state index contributed by atoms with van der Waals surface area (Å²) in [6.45, 7) is 26.8. The Kier molecular flexibility index (Phi) is 21.9. The summed E-state index contributed by atoms with van der Waals surface area (Å²) in [5.74, 6) is -1.11. The number of esters is 2. The molecule has 6 atom stereocenters. The summed E-state index contributed by atoms with van der Waals surface area (Å²) in [6, 6.07) is 23.7. The molecule has 1 heterocycles. The van der Waals surface area contributed by atoms with Crippen LogP contribution in [0.1, 0.15) is 105 Å². The van der Waals surface area contributed by atoms with Gasteiger partial charge in [0.2, 0.25) is 0 Å². The van der Waals surface area contributed by atoms with Gasteiger partial charge in [-0.15, -0.1) is 0 Å². The Labute approximate surface area is 414 Å². The molecular formula is C52H77N3O10SeSi2. The second-order valence-electron chi connectivity index (χ2n) is 20.6. The van der Waals surface area contributed by atoms with Gasteiger partial charge in [-0.25, -0.2) is 0 Å². The zero-order valence-corrected chi connectivity index (χ0v) is 46.5. The Morgan fingerprint density at radius 1 is 0.912 bits per heavy atom. The van der Waals surface area contributed by atoms with E-state index in [4.69, 9.17) is 43.1 Å². The number of rotatable bonds is 27. The average Bonchev–Trinajstić information content (AvgIpc) is 3.59. The fraction of sp³-hybridized carbons (Fsp3) is 0.577. The van der Waals surface area contributed by atoms with Crippen LogP contribution in [-0.2, 0) is 28.1 Å². The van der Waals surface area contributed by atoms with Crippen molar-refractivity contribution in [3.05, 3.63) is 112 Å². The fourth-order valence-corrected chi connectivity index (χ4v) is 12.0. The first kappa shape index (κ1) is 56.6. The van der Waals surface area contributed by atoms with Crippen LogP contribution < -0.4 is 13.9 Å². The Hall–Kier alpha value is -3.96.